The highest BCUT2D eigenvalue weighted by Crippen LogP contribution is 2.29. The van der Waals surface area contributed by atoms with Gasteiger partial charge in [0.2, 0.25) is 0 Å². The Morgan fingerprint density at radius 2 is 2.20 bits per heavy atom. The van der Waals surface area contributed by atoms with Crippen molar-refractivity contribution in [2.75, 3.05) is 5.75 Å². The molecule has 0 radical (unpaired) electrons. The zero-order chi connectivity index (χ0) is 17.4. The number of carbonyl (C=O) groups is 1. The summed E-state index contributed by atoms with van der Waals surface area (Å²) < 4.78 is 0.885. The van der Waals surface area contributed by atoms with Gasteiger partial charge in [-0.2, -0.15) is 0 Å². The quantitative estimate of drug-likeness (QED) is 0.810. The number of hydrogen-bond donors (Lipinski definition) is 1. The number of benzene rings is 1. The van der Waals surface area contributed by atoms with Crippen molar-refractivity contribution in [1.29, 1.82) is 0 Å². The molecule has 0 saturated heterocycles. The summed E-state index contributed by atoms with van der Waals surface area (Å²) in [6.07, 6.45) is 1.25. The molecule has 3 heterocycles. The molecule has 8 heteroatoms. The zero-order valence-corrected chi connectivity index (χ0v) is 15.7. The van der Waals surface area contributed by atoms with Gasteiger partial charge in [-0.1, -0.05) is 40.7 Å². The predicted octanol–water partition coefficient (Wildman–Crippen LogP) is 1.74. The molecule has 1 aromatic heterocycles. The first-order valence-electron chi connectivity index (χ1n) is 7.78. The van der Waals surface area contributed by atoms with E-state index in [-0.39, 0.29) is 5.91 Å². The van der Waals surface area contributed by atoms with Crippen molar-refractivity contribution in [3.05, 3.63) is 63.3 Å². The molecule has 2 aliphatic rings. The molecule has 6 nitrogen and oxygen atoms in total. The highest BCUT2D eigenvalue weighted by Gasteiger charge is 2.34. The van der Waals surface area contributed by atoms with Gasteiger partial charge in [-0.3, -0.25) is 20.1 Å². The van der Waals surface area contributed by atoms with E-state index < -0.39 is 6.17 Å². The lowest BCUT2D eigenvalue weighted by Crippen LogP contribution is -2.50. The van der Waals surface area contributed by atoms with Gasteiger partial charge in [-0.25, -0.2) is 5.01 Å². The fraction of sp³-hybridized carbons (Fsp3) is 0.176. The van der Waals surface area contributed by atoms with Crippen LogP contribution in [0.5, 0.6) is 0 Å². The number of pyridine rings is 1. The molecule has 0 spiro atoms. The van der Waals surface area contributed by atoms with E-state index >= 15 is 0 Å². The Morgan fingerprint density at radius 3 is 2.96 bits per heavy atom. The van der Waals surface area contributed by atoms with E-state index in [1.807, 2.05) is 43.3 Å². The lowest BCUT2D eigenvalue weighted by atomic mass is 10.1. The number of nitrogens with zero attached hydrogens (tertiary/aromatic N) is 4. The lowest BCUT2D eigenvalue weighted by molar-refractivity contribution is -0.116. The molecule has 1 unspecified atom stereocenters. The average molecular weight is 416 g/mol. The van der Waals surface area contributed by atoms with E-state index in [9.17, 15) is 4.79 Å². The molecular formula is C17H14BrN5OS. The number of amidine groups is 1. The summed E-state index contributed by atoms with van der Waals surface area (Å²) in [5.41, 5.74) is 1.23. The van der Waals surface area contributed by atoms with Crippen LogP contribution in [0.2, 0.25) is 0 Å². The van der Waals surface area contributed by atoms with Gasteiger partial charge in [-0.05, 0) is 36.1 Å². The van der Waals surface area contributed by atoms with E-state index in [0.29, 0.717) is 10.9 Å². The number of nitrogens with one attached hydrogen (secondary N) is 1. The number of halogens is 1. The highest BCUT2D eigenvalue weighted by molar-refractivity contribution is 9.10. The minimum absolute atomic E-state index is 0.180. The summed E-state index contributed by atoms with van der Waals surface area (Å²) in [5.74, 6) is 0.636. The first kappa shape index (κ1) is 16.3. The maximum atomic E-state index is 12.8. The third-order valence-corrected chi connectivity index (χ3v) is 5.04. The molecule has 0 fully saturated rings. The average Bonchev–Trinajstić information content (AvgIpc) is 2.62. The second-order valence-electron chi connectivity index (χ2n) is 5.40. The number of fused-ring (bicyclic) bond motifs is 2. The summed E-state index contributed by atoms with van der Waals surface area (Å²) in [7, 11) is 0. The van der Waals surface area contributed by atoms with Crippen LogP contribution in [0, 0.1) is 0 Å². The minimum Gasteiger partial charge on any atom is -0.298 e. The van der Waals surface area contributed by atoms with Crippen LogP contribution >= 0.6 is 27.7 Å². The van der Waals surface area contributed by atoms with Gasteiger partial charge in [-0.15, -0.1) is 5.10 Å². The van der Waals surface area contributed by atoms with Crippen molar-refractivity contribution in [3.8, 4) is 0 Å². The largest absolute Gasteiger partial charge is 0.298 e. The van der Waals surface area contributed by atoms with Crippen molar-refractivity contribution < 1.29 is 4.79 Å². The smallest absolute Gasteiger partial charge is 0.276 e. The first-order chi connectivity index (χ1) is 12.2. The number of carbonyl (C=O) groups excluding carboxylic acids is 1. The zero-order valence-electron chi connectivity index (χ0n) is 13.3. The molecule has 126 valence electrons. The second kappa shape index (κ2) is 6.61. The minimum atomic E-state index is -0.469. The van der Waals surface area contributed by atoms with E-state index in [0.717, 1.165) is 26.5 Å². The Labute approximate surface area is 156 Å². The van der Waals surface area contributed by atoms with Crippen LogP contribution in [0.1, 0.15) is 18.8 Å². The van der Waals surface area contributed by atoms with Crippen LogP contribution in [0.15, 0.2) is 57.2 Å². The van der Waals surface area contributed by atoms with Crippen molar-refractivity contribution in [2.45, 2.75) is 13.1 Å². The molecule has 2 aliphatic heterocycles. The molecule has 0 bridgehead atoms. The van der Waals surface area contributed by atoms with Crippen molar-refractivity contribution in [1.82, 2.24) is 15.3 Å². The fourth-order valence-electron chi connectivity index (χ4n) is 2.77. The normalized spacial score (nSPS) is 18.7. The summed E-state index contributed by atoms with van der Waals surface area (Å²) in [6.45, 7) is 2.02. The van der Waals surface area contributed by atoms with E-state index in [1.165, 1.54) is 11.8 Å². The SMILES string of the molecule is CCSC1=NN2C(=c3cc(Br)ccc3=NC2c2ccccn2)C(=O)N1. The van der Waals surface area contributed by atoms with Gasteiger partial charge in [0.1, 0.15) is 5.70 Å². The maximum absolute atomic E-state index is 12.8. The molecule has 0 aliphatic carbocycles. The summed E-state index contributed by atoms with van der Waals surface area (Å²) >= 11 is 4.95. The van der Waals surface area contributed by atoms with Crippen molar-refractivity contribution in [3.63, 3.8) is 0 Å². The number of hydrazone groups is 1. The van der Waals surface area contributed by atoms with Crippen LogP contribution in [-0.4, -0.2) is 26.8 Å². The Balaban J connectivity index is 1.98. The van der Waals surface area contributed by atoms with Crippen LogP contribution in [0.4, 0.5) is 0 Å². The summed E-state index contributed by atoms with van der Waals surface area (Å²) in [6, 6.07) is 11.4. The number of aromatic nitrogens is 1. The molecule has 1 N–H and O–H groups in total. The van der Waals surface area contributed by atoms with Gasteiger partial charge in [0.25, 0.3) is 5.91 Å². The summed E-state index contributed by atoms with van der Waals surface area (Å²) in [4.78, 5) is 22.0. The third kappa shape index (κ3) is 2.96. The van der Waals surface area contributed by atoms with Crippen molar-refractivity contribution in [2.24, 2.45) is 10.1 Å². The number of amides is 1. The van der Waals surface area contributed by atoms with Gasteiger partial charge in [0.05, 0.1) is 11.1 Å². The highest BCUT2D eigenvalue weighted by atomic mass is 79.9. The van der Waals surface area contributed by atoms with Crippen LogP contribution in [0.25, 0.3) is 5.70 Å². The maximum Gasteiger partial charge on any atom is 0.276 e. The summed E-state index contributed by atoms with van der Waals surface area (Å²) in [5, 5.41) is 11.2. The van der Waals surface area contributed by atoms with Crippen LogP contribution in [0.3, 0.4) is 0 Å². The Hall–Kier alpha value is -2.19. The van der Waals surface area contributed by atoms with Gasteiger partial charge < -0.3 is 0 Å². The predicted molar refractivity (Wildman–Crippen MR) is 101 cm³/mol. The third-order valence-electron chi connectivity index (χ3n) is 3.80. The van der Waals surface area contributed by atoms with Crippen LogP contribution < -0.4 is 15.9 Å². The molecule has 2 aromatic rings. The molecule has 1 amide bonds. The van der Waals surface area contributed by atoms with E-state index in [4.69, 9.17) is 4.99 Å². The fourth-order valence-corrected chi connectivity index (χ4v) is 3.72. The van der Waals surface area contributed by atoms with E-state index in [2.05, 4.69) is 31.3 Å². The number of hydrogen-bond acceptors (Lipinski definition) is 6. The van der Waals surface area contributed by atoms with Gasteiger partial charge >= 0.3 is 0 Å². The molecule has 1 atom stereocenters. The van der Waals surface area contributed by atoms with Gasteiger partial charge in [0, 0.05) is 15.9 Å². The topological polar surface area (TPSA) is 70.0 Å². The molecule has 1 aromatic carbocycles. The monoisotopic (exact) mass is 415 g/mol. The Morgan fingerprint density at radius 1 is 1.32 bits per heavy atom. The van der Waals surface area contributed by atoms with Gasteiger partial charge in [0.15, 0.2) is 11.3 Å². The molecule has 4 rings (SSSR count). The van der Waals surface area contributed by atoms with Crippen molar-refractivity contribution >= 4 is 44.5 Å². The second-order valence-corrected chi connectivity index (χ2v) is 7.57. The molecule has 25 heavy (non-hydrogen) atoms. The lowest BCUT2D eigenvalue weighted by Gasteiger charge is -2.33. The Kier molecular flexibility index (Phi) is 4.30. The number of rotatable bonds is 2. The standard InChI is InChI=1S/C17H14BrN5OS/c1-2-25-17-21-16(24)14-11-9-10(18)6-7-12(11)20-15(23(14)22-17)13-5-3-4-8-19-13/h3-9,15H,2H2,1H3,(H,21,22,24). The molecule has 0 saturated carbocycles. The van der Waals surface area contributed by atoms with Crippen LogP contribution in [-0.2, 0) is 4.79 Å². The first-order valence-corrected chi connectivity index (χ1v) is 9.56. The Bertz CT molecular complexity index is 992. The molecular weight excluding hydrogens is 402 g/mol. The number of thioether (sulfide) groups is 1. The van der Waals surface area contributed by atoms with E-state index in [1.54, 1.807) is 11.2 Å².